The highest BCUT2D eigenvalue weighted by atomic mass is 32.2. The number of rotatable bonds is 5. The highest BCUT2D eigenvalue weighted by Crippen LogP contribution is 2.37. The Morgan fingerprint density at radius 2 is 2.28 bits per heavy atom. The van der Waals surface area contributed by atoms with Crippen molar-refractivity contribution in [2.24, 2.45) is 0 Å². The molecule has 6 nitrogen and oxygen atoms in total. The number of hydrogen-bond acceptors (Lipinski definition) is 6. The number of nitrogens with zero attached hydrogens (tertiary/aromatic N) is 4. The number of aromatic nitrogens is 3. The van der Waals surface area contributed by atoms with Gasteiger partial charge in [0.1, 0.15) is 17.4 Å². The van der Waals surface area contributed by atoms with E-state index in [1.807, 2.05) is 18.4 Å². The van der Waals surface area contributed by atoms with Gasteiger partial charge in [-0.25, -0.2) is 0 Å². The van der Waals surface area contributed by atoms with Gasteiger partial charge in [-0.15, -0.1) is 21.5 Å². The third kappa shape index (κ3) is 3.88. The molecule has 0 fully saturated rings. The first-order valence-electron chi connectivity index (χ1n) is 8.54. The van der Waals surface area contributed by atoms with E-state index < -0.39 is 0 Å². The monoisotopic (exact) mass is 375 g/mol. The van der Waals surface area contributed by atoms with Crippen molar-refractivity contribution >= 4 is 34.0 Å². The van der Waals surface area contributed by atoms with E-state index in [9.17, 15) is 10.1 Å². The van der Waals surface area contributed by atoms with Crippen molar-refractivity contribution in [1.29, 1.82) is 5.26 Å². The van der Waals surface area contributed by atoms with Crippen LogP contribution < -0.4 is 5.32 Å². The molecule has 0 spiro atoms. The zero-order valence-electron chi connectivity index (χ0n) is 14.4. The molecule has 0 aromatic carbocycles. The van der Waals surface area contributed by atoms with Crippen LogP contribution in [0.3, 0.4) is 0 Å². The molecule has 3 rings (SSSR count). The van der Waals surface area contributed by atoms with Gasteiger partial charge in [0.15, 0.2) is 5.16 Å². The van der Waals surface area contributed by atoms with Gasteiger partial charge in [0, 0.05) is 11.4 Å². The lowest BCUT2D eigenvalue weighted by atomic mass is 10.1. The fraction of sp³-hybridized carbons (Fsp3) is 0.529. The van der Waals surface area contributed by atoms with Crippen molar-refractivity contribution in [1.82, 2.24) is 14.8 Å². The van der Waals surface area contributed by atoms with Crippen LogP contribution in [0.1, 0.15) is 49.1 Å². The smallest absolute Gasteiger partial charge is 0.238 e. The summed E-state index contributed by atoms with van der Waals surface area (Å²) >= 11 is 2.94. The summed E-state index contributed by atoms with van der Waals surface area (Å²) in [5.74, 6) is -0.108. The molecular weight excluding hydrogens is 354 g/mol. The zero-order valence-corrected chi connectivity index (χ0v) is 16.0. The standard InChI is InChI=1S/C17H21N5OS2/c1-3-22-10-19-21-17(22)24-11(2)15(23)20-16-13(9-18)12-7-5-4-6-8-14(12)25-16/h10-11H,3-8H2,1-2H3,(H,20,23). The Morgan fingerprint density at radius 3 is 3.04 bits per heavy atom. The second kappa shape index (κ2) is 8.02. The Bertz CT molecular complexity index is 805. The summed E-state index contributed by atoms with van der Waals surface area (Å²) in [4.78, 5) is 13.9. The van der Waals surface area contributed by atoms with Crippen molar-refractivity contribution in [2.45, 2.75) is 62.9 Å². The molecule has 1 unspecified atom stereocenters. The van der Waals surface area contributed by atoms with Gasteiger partial charge >= 0.3 is 0 Å². The number of anilines is 1. The van der Waals surface area contributed by atoms with Crippen molar-refractivity contribution < 1.29 is 4.79 Å². The first-order chi connectivity index (χ1) is 12.1. The Kier molecular flexibility index (Phi) is 5.76. The molecule has 1 N–H and O–H groups in total. The van der Waals surface area contributed by atoms with Gasteiger partial charge in [-0.2, -0.15) is 5.26 Å². The fourth-order valence-corrected chi connectivity index (χ4v) is 5.06. The normalized spacial score (nSPS) is 15.1. The minimum absolute atomic E-state index is 0.108. The first kappa shape index (κ1) is 18.0. The third-order valence-electron chi connectivity index (χ3n) is 4.34. The van der Waals surface area contributed by atoms with Crippen LogP contribution in [0.25, 0.3) is 0 Å². The number of nitriles is 1. The van der Waals surface area contributed by atoms with Crippen LogP contribution >= 0.6 is 23.1 Å². The number of aryl methyl sites for hydroxylation is 2. The van der Waals surface area contributed by atoms with Crippen molar-refractivity contribution in [2.75, 3.05) is 5.32 Å². The lowest BCUT2D eigenvalue weighted by molar-refractivity contribution is -0.115. The Hall–Kier alpha value is -1.85. The molecule has 2 aromatic rings. The van der Waals surface area contributed by atoms with Gasteiger partial charge in [0.2, 0.25) is 5.91 Å². The molecule has 8 heteroatoms. The van der Waals surface area contributed by atoms with E-state index in [1.165, 1.54) is 23.1 Å². The van der Waals surface area contributed by atoms with E-state index in [-0.39, 0.29) is 11.2 Å². The molecule has 0 saturated heterocycles. The van der Waals surface area contributed by atoms with Crippen LogP contribution in [0.2, 0.25) is 0 Å². The molecule has 0 radical (unpaired) electrons. The van der Waals surface area contributed by atoms with Crippen LogP contribution in [-0.4, -0.2) is 25.9 Å². The van der Waals surface area contributed by atoms with Gasteiger partial charge in [-0.1, -0.05) is 18.2 Å². The van der Waals surface area contributed by atoms with E-state index in [4.69, 9.17) is 0 Å². The highest BCUT2D eigenvalue weighted by molar-refractivity contribution is 8.00. The molecule has 0 saturated carbocycles. The Labute approximate surface area is 155 Å². The molecule has 1 aliphatic carbocycles. The Balaban J connectivity index is 1.73. The molecule has 1 aliphatic rings. The number of nitrogens with one attached hydrogen (secondary N) is 1. The van der Waals surface area contributed by atoms with Gasteiger partial charge in [-0.3, -0.25) is 4.79 Å². The molecule has 0 aliphatic heterocycles. The number of hydrogen-bond donors (Lipinski definition) is 1. The maximum absolute atomic E-state index is 12.6. The molecule has 25 heavy (non-hydrogen) atoms. The second-order valence-electron chi connectivity index (χ2n) is 6.03. The van der Waals surface area contributed by atoms with Crippen molar-refractivity contribution in [3.05, 3.63) is 22.3 Å². The average molecular weight is 376 g/mol. The molecule has 2 aromatic heterocycles. The largest absolute Gasteiger partial charge is 0.316 e. The predicted octanol–water partition coefficient (Wildman–Crippen LogP) is 3.62. The van der Waals surface area contributed by atoms with E-state index in [2.05, 4.69) is 21.6 Å². The molecule has 1 amide bonds. The summed E-state index contributed by atoms with van der Waals surface area (Å²) in [7, 11) is 0. The van der Waals surface area contributed by atoms with E-state index in [0.717, 1.165) is 42.9 Å². The lowest BCUT2D eigenvalue weighted by Crippen LogP contribution is -2.22. The lowest BCUT2D eigenvalue weighted by Gasteiger charge is -2.11. The summed E-state index contributed by atoms with van der Waals surface area (Å²) < 4.78 is 1.91. The summed E-state index contributed by atoms with van der Waals surface area (Å²) in [5.41, 5.74) is 1.80. The zero-order chi connectivity index (χ0) is 17.8. The quantitative estimate of drug-likeness (QED) is 0.637. The fourth-order valence-electron chi connectivity index (χ4n) is 2.93. The minimum Gasteiger partial charge on any atom is -0.316 e. The minimum atomic E-state index is -0.317. The number of amides is 1. The first-order valence-corrected chi connectivity index (χ1v) is 10.2. The molecular formula is C17H21N5OS2. The van der Waals surface area contributed by atoms with Crippen LogP contribution in [0, 0.1) is 11.3 Å². The van der Waals surface area contributed by atoms with Gasteiger partial charge in [0.25, 0.3) is 0 Å². The second-order valence-corrected chi connectivity index (χ2v) is 8.44. The van der Waals surface area contributed by atoms with E-state index in [0.29, 0.717) is 10.6 Å². The van der Waals surface area contributed by atoms with Gasteiger partial charge < -0.3 is 9.88 Å². The number of thiophene rings is 1. The highest BCUT2D eigenvalue weighted by Gasteiger charge is 2.23. The van der Waals surface area contributed by atoms with E-state index in [1.54, 1.807) is 17.7 Å². The number of carbonyl (C=O) groups excluding carboxylic acids is 1. The summed E-state index contributed by atoms with van der Waals surface area (Å²) in [6, 6.07) is 2.30. The summed E-state index contributed by atoms with van der Waals surface area (Å²) in [6.07, 6.45) is 7.09. The van der Waals surface area contributed by atoms with Gasteiger partial charge in [0.05, 0.1) is 10.8 Å². The van der Waals surface area contributed by atoms with Crippen molar-refractivity contribution in [3.63, 3.8) is 0 Å². The maximum Gasteiger partial charge on any atom is 0.238 e. The molecule has 2 heterocycles. The third-order valence-corrected chi connectivity index (χ3v) is 6.64. The van der Waals surface area contributed by atoms with Gasteiger partial charge in [-0.05, 0) is 45.1 Å². The van der Waals surface area contributed by atoms with E-state index >= 15 is 0 Å². The number of carbonyl (C=O) groups is 1. The SMILES string of the molecule is CCn1cnnc1SC(C)C(=O)Nc1sc2c(c1C#N)CCCCC2. The Morgan fingerprint density at radius 1 is 1.48 bits per heavy atom. The molecule has 0 bridgehead atoms. The van der Waals surface area contributed by atoms with Crippen LogP contribution in [0.15, 0.2) is 11.5 Å². The summed E-state index contributed by atoms with van der Waals surface area (Å²) in [6.45, 7) is 4.62. The summed E-state index contributed by atoms with van der Waals surface area (Å²) in [5, 5.41) is 21.6. The topological polar surface area (TPSA) is 83.6 Å². The average Bonchev–Trinajstić information content (AvgIpc) is 3.11. The van der Waals surface area contributed by atoms with Crippen LogP contribution in [0.5, 0.6) is 0 Å². The molecule has 132 valence electrons. The number of fused-ring (bicyclic) bond motifs is 1. The van der Waals surface area contributed by atoms with Crippen molar-refractivity contribution in [3.8, 4) is 6.07 Å². The number of thioether (sulfide) groups is 1. The predicted molar refractivity (Wildman–Crippen MR) is 99.9 cm³/mol. The maximum atomic E-state index is 12.6. The van der Waals surface area contributed by atoms with Crippen LogP contribution in [-0.2, 0) is 24.2 Å². The molecule has 1 atom stereocenters. The van der Waals surface area contributed by atoms with Crippen LogP contribution in [0.4, 0.5) is 5.00 Å².